The van der Waals surface area contributed by atoms with Crippen molar-refractivity contribution in [3.05, 3.63) is 35.4 Å². The van der Waals surface area contributed by atoms with Crippen LogP contribution in [0.2, 0.25) is 0 Å². The van der Waals surface area contributed by atoms with Gasteiger partial charge >= 0.3 is 0 Å². The molecule has 6 heteroatoms. The van der Waals surface area contributed by atoms with Gasteiger partial charge in [0.05, 0.1) is 5.75 Å². The molecule has 0 unspecified atom stereocenters. The van der Waals surface area contributed by atoms with Crippen LogP contribution in [0.5, 0.6) is 0 Å². The van der Waals surface area contributed by atoms with Crippen molar-refractivity contribution < 1.29 is 13.2 Å². The molecule has 25 heavy (non-hydrogen) atoms. The molecule has 1 saturated carbocycles. The average molecular weight is 365 g/mol. The van der Waals surface area contributed by atoms with Gasteiger partial charge in [0.25, 0.3) is 0 Å². The minimum Gasteiger partial charge on any atom is -0.356 e. The zero-order chi connectivity index (χ0) is 17.7. The molecule has 1 aliphatic carbocycles. The lowest BCUT2D eigenvalue weighted by Crippen LogP contribution is -2.38. The predicted octanol–water partition coefficient (Wildman–Crippen LogP) is 2.46. The van der Waals surface area contributed by atoms with Crippen LogP contribution in [0.25, 0.3) is 0 Å². The summed E-state index contributed by atoms with van der Waals surface area (Å²) in [5, 5.41) is 2.92. The van der Waals surface area contributed by atoms with E-state index in [1.165, 1.54) is 12.0 Å². The highest BCUT2D eigenvalue weighted by atomic mass is 32.2. The molecule has 3 rings (SSSR count). The number of nitrogens with zero attached hydrogens (tertiary/aromatic N) is 1. The highest BCUT2D eigenvalue weighted by Gasteiger charge is 2.26. The molecular formula is C19H28N2O3S. The van der Waals surface area contributed by atoms with Crippen LogP contribution >= 0.6 is 0 Å². The lowest BCUT2D eigenvalue weighted by molar-refractivity contribution is -0.125. The zero-order valence-electron chi connectivity index (χ0n) is 14.7. The SMILES string of the molecule is O=C(NCCCS(=O)(=O)N1CCc2ccccc2C1)C1CCCCC1. The topological polar surface area (TPSA) is 66.5 Å². The van der Waals surface area contributed by atoms with Crippen molar-refractivity contribution in [1.29, 1.82) is 0 Å². The Morgan fingerprint density at radius 1 is 1.12 bits per heavy atom. The second kappa shape index (κ2) is 8.32. The summed E-state index contributed by atoms with van der Waals surface area (Å²) in [6.07, 6.45) is 6.66. The van der Waals surface area contributed by atoms with Crippen LogP contribution in [-0.4, -0.2) is 37.5 Å². The Bertz CT molecular complexity index is 696. The molecule has 1 fully saturated rings. The smallest absolute Gasteiger partial charge is 0.223 e. The van der Waals surface area contributed by atoms with E-state index in [-0.39, 0.29) is 17.6 Å². The fourth-order valence-electron chi connectivity index (χ4n) is 3.81. The van der Waals surface area contributed by atoms with Gasteiger partial charge in [-0.1, -0.05) is 43.5 Å². The minimum absolute atomic E-state index is 0.0973. The number of amides is 1. The fourth-order valence-corrected chi connectivity index (χ4v) is 5.28. The molecule has 1 aliphatic heterocycles. The molecule has 138 valence electrons. The normalized spacial score (nSPS) is 19.4. The highest BCUT2D eigenvalue weighted by molar-refractivity contribution is 7.89. The lowest BCUT2D eigenvalue weighted by Gasteiger charge is -2.28. The van der Waals surface area contributed by atoms with Crippen molar-refractivity contribution in [3.8, 4) is 0 Å². The Labute approximate surface area is 150 Å². The van der Waals surface area contributed by atoms with E-state index in [4.69, 9.17) is 0 Å². The van der Waals surface area contributed by atoms with Crippen molar-refractivity contribution >= 4 is 15.9 Å². The number of carbonyl (C=O) groups excluding carboxylic acids is 1. The Kier molecular flexibility index (Phi) is 6.12. The molecule has 0 aromatic heterocycles. The van der Waals surface area contributed by atoms with Gasteiger partial charge < -0.3 is 5.32 Å². The van der Waals surface area contributed by atoms with Gasteiger partial charge in [-0.05, 0) is 36.8 Å². The Morgan fingerprint density at radius 3 is 2.60 bits per heavy atom. The number of carbonyl (C=O) groups is 1. The van der Waals surface area contributed by atoms with E-state index in [2.05, 4.69) is 11.4 Å². The lowest BCUT2D eigenvalue weighted by atomic mass is 9.89. The molecule has 1 aromatic carbocycles. The molecule has 0 radical (unpaired) electrons. The molecule has 0 bridgehead atoms. The largest absolute Gasteiger partial charge is 0.356 e. The van der Waals surface area contributed by atoms with Gasteiger partial charge in [-0.15, -0.1) is 0 Å². The Morgan fingerprint density at radius 2 is 1.84 bits per heavy atom. The number of hydrogen-bond acceptors (Lipinski definition) is 3. The molecule has 0 saturated heterocycles. The van der Waals surface area contributed by atoms with Gasteiger partial charge in [0, 0.05) is 25.6 Å². The summed E-state index contributed by atoms with van der Waals surface area (Å²) in [5.74, 6) is 0.327. The first-order chi connectivity index (χ1) is 12.1. The zero-order valence-corrected chi connectivity index (χ0v) is 15.6. The first kappa shape index (κ1) is 18.4. The highest BCUT2D eigenvalue weighted by Crippen LogP contribution is 2.24. The molecular weight excluding hydrogens is 336 g/mol. The van der Waals surface area contributed by atoms with Crippen LogP contribution < -0.4 is 5.32 Å². The monoisotopic (exact) mass is 364 g/mol. The first-order valence-corrected chi connectivity index (χ1v) is 11.0. The van der Waals surface area contributed by atoms with E-state index in [0.29, 0.717) is 26.1 Å². The third kappa shape index (κ3) is 4.82. The molecule has 5 nitrogen and oxygen atoms in total. The number of benzene rings is 1. The van der Waals surface area contributed by atoms with Crippen molar-refractivity contribution in [3.63, 3.8) is 0 Å². The first-order valence-electron chi connectivity index (χ1n) is 9.38. The van der Waals surface area contributed by atoms with E-state index in [1.807, 2.05) is 18.2 Å². The van der Waals surface area contributed by atoms with Crippen molar-refractivity contribution in [2.45, 2.75) is 51.5 Å². The quantitative estimate of drug-likeness (QED) is 0.789. The van der Waals surface area contributed by atoms with Crippen LogP contribution in [0, 0.1) is 5.92 Å². The van der Waals surface area contributed by atoms with Crippen LogP contribution in [0.3, 0.4) is 0 Å². The molecule has 1 heterocycles. The van der Waals surface area contributed by atoms with E-state index in [9.17, 15) is 13.2 Å². The summed E-state index contributed by atoms with van der Waals surface area (Å²) >= 11 is 0. The van der Waals surface area contributed by atoms with Crippen LogP contribution in [0.15, 0.2) is 24.3 Å². The summed E-state index contributed by atoms with van der Waals surface area (Å²) in [4.78, 5) is 12.1. The molecule has 1 amide bonds. The van der Waals surface area contributed by atoms with Gasteiger partial charge in [-0.3, -0.25) is 4.79 Å². The van der Waals surface area contributed by atoms with Crippen LogP contribution in [-0.2, 0) is 27.8 Å². The number of nitrogens with one attached hydrogen (secondary N) is 1. The fraction of sp³-hybridized carbons (Fsp3) is 0.632. The third-order valence-electron chi connectivity index (χ3n) is 5.34. The van der Waals surface area contributed by atoms with Crippen molar-refractivity contribution in [2.24, 2.45) is 5.92 Å². The molecule has 1 N–H and O–H groups in total. The van der Waals surface area contributed by atoms with Crippen LogP contribution in [0.4, 0.5) is 0 Å². The summed E-state index contributed by atoms with van der Waals surface area (Å²) in [6.45, 7) is 1.46. The Balaban J connectivity index is 1.44. The van der Waals surface area contributed by atoms with E-state index in [1.54, 1.807) is 4.31 Å². The van der Waals surface area contributed by atoms with Crippen molar-refractivity contribution in [2.75, 3.05) is 18.8 Å². The molecule has 0 spiro atoms. The number of rotatable bonds is 6. The summed E-state index contributed by atoms with van der Waals surface area (Å²) in [7, 11) is -3.27. The molecule has 0 atom stereocenters. The van der Waals surface area contributed by atoms with Gasteiger partial charge in [-0.25, -0.2) is 8.42 Å². The van der Waals surface area contributed by atoms with Gasteiger partial charge in [0.15, 0.2) is 0 Å². The summed E-state index contributed by atoms with van der Waals surface area (Å²) in [5.41, 5.74) is 2.34. The predicted molar refractivity (Wildman–Crippen MR) is 98.5 cm³/mol. The Hall–Kier alpha value is -1.40. The standard InChI is InChI=1S/C19H28N2O3S/c22-19(17-8-2-1-3-9-17)20-12-6-14-25(23,24)21-13-11-16-7-4-5-10-18(16)15-21/h4-5,7,10,17H,1-3,6,8-9,11-15H2,(H,20,22). The number of sulfonamides is 1. The number of fused-ring (bicyclic) bond motifs is 1. The summed E-state index contributed by atoms with van der Waals surface area (Å²) < 4.78 is 26.7. The van der Waals surface area contributed by atoms with E-state index < -0.39 is 10.0 Å². The minimum atomic E-state index is -3.27. The van der Waals surface area contributed by atoms with Gasteiger partial charge in [0.2, 0.25) is 15.9 Å². The second-order valence-electron chi connectivity index (χ2n) is 7.15. The maximum Gasteiger partial charge on any atom is 0.223 e. The maximum absolute atomic E-state index is 12.6. The van der Waals surface area contributed by atoms with Crippen molar-refractivity contribution in [1.82, 2.24) is 9.62 Å². The molecule has 1 aromatic rings. The third-order valence-corrected chi connectivity index (χ3v) is 7.25. The second-order valence-corrected chi connectivity index (χ2v) is 9.24. The number of hydrogen-bond donors (Lipinski definition) is 1. The maximum atomic E-state index is 12.6. The van der Waals surface area contributed by atoms with Gasteiger partial charge in [-0.2, -0.15) is 4.31 Å². The van der Waals surface area contributed by atoms with Gasteiger partial charge in [0.1, 0.15) is 0 Å². The average Bonchev–Trinajstić information content (AvgIpc) is 2.65. The summed E-state index contributed by atoms with van der Waals surface area (Å²) in [6, 6.07) is 8.02. The van der Waals surface area contributed by atoms with E-state index >= 15 is 0 Å². The molecule has 2 aliphatic rings. The van der Waals surface area contributed by atoms with E-state index in [0.717, 1.165) is 37.7 Å². The van der Waals surface area contributed by atoms with Crippen LogP contribution in [0.1, 0.15) is 49.7 Å².